The number of nitrogens with zero attached hydrogens (tertiary/aromatic N) is 3. The van der Waals surface area contributed by atoms with Crippen molar-refractivity contribution in [1.82, 2.24) is 9.97 Å². The Labute approximate surface area is 330 Å². The van der Waals surface area contributed by atoms with Crippen LogP contribution < -0.4 is 4.90 Å². The van der Waals surface area contributed by atoms with Crippen molar-refractivity contribution in [3.05, 3.63) is 209 Å². The molecule has 5 aromatic carbocycles. The van der Waals surface area contributed by atoms with E-state index in [9.17, 15) is 0 Å². The number of fused-ring (bicyclic) bond motifs is 6. The molecule has 262 valence electrons. The van der Waals surface area contributed by atoms with Gasteiger partial charge in [0.1, 0.15) is 0 Å². The van der Waals surface area contributed by atoms with Crippen LogP contribution in [0.15, 0.2) is 219 Å². The third kappa shape index (κ3) is 5.78. The quantitative estimate of drug-likeness (QED) is 0.175. The summed E-state index contributed by atoms with van der Waals surface area (Å²) in [6.45, 7) is 0. The van der Waals surface area contributed by atoms with E-state index in [1.54, 1.807) is 0 Å². The lowest BCUT2D eigenvalue weighted by atomic mass is 9.73. The van der Waals surface area contributed by atoms with Crippen molar-refractivity contribution in [2.24, 2.45) is 17.8 Å². The fourth-order valence-electron chi connectivity index (χ4n) is 8.63. The first-order valence-electron chi connectivity index (χ1n) is 18.9. The molecule has 55 heavy (non-hydrogen) atoms. The van der Waals surface area contributed by atoms with E-state index in [0.717, 1.165) is 45.0 Å². The summed E-state index contributed by atoms with van der Waals surface area (Å²) in [4.78, 5) is 18.3. The van der Waals surface area contributed by atoms with Gasteiger partial charge in [-0.25, -0.2) is 9.97 Å². The van der Waals surface area contributed by atoms with E-state index >= 15 is 0 Å². The minimum Gasteiger partial charge on any atom is -0.334 e. The van der Waals surface area contributed by atoms with Crippen LogP contribution in [0, 0.1) is 17.8 Å². The van der Waals surface area contributed by atoms with Gasteiger partial charge in [-0.1, -0.05) is 163 Å². The molecule has 0 fully saturated rings. The van der Waals surface area contributed by atoms with Crippen LogP contribution in [0.3, 0.4) is 0 Å². The zero-order valence-electron chi connectivity index (χ0n) is 29.9. The average molecular weight is 742 g/mol. The Bertz CT molecular complexity index is 2610. The first-order valence-corrected chi connectivity index (χ1v) is 20.5. The molecule has 3 heterocycles. The first-order chi connectivity index (χ1) is 27.2. The Kier molecular flexibility index (Phi) is 7.96. The maximum absolute atomic E-state index is 5.10. The number of hydrogen-bond donors (Lipinski definition) is 0. The summed E-state index contributed by atoms with van der Waals surface area (Å²) in [6.07, 6.45) is 19.1. The van der Waals surface area contributed by atoms with Crippen molar-refractivity contribution in [2.75, 3.05) is 4.90 Å². The van der Waals surface area contributed by atoms with Gasteiger partial charge in [-0.05, 0) is 65.3 Å². The van der Waals surface area contributed by atoms with Crippen LogP contribution in [0.5, 0.6) is 0 Å². The minimum atomic E-state index is 0.215. The van der Waals surface area contributed by atoms with Gasteiger partial charge in [0.05, 0.1) is 17.4 Å². The van der Waals surface area contributed by atoms with Crippen molar-refractivity contribution >= 4 is 29.2 Å². The van der Waals surface area contributed by atoms with Crippen molar-refractivity contribution in [3.63, 3.8) is 0 Å². The third-order valence-electron chi connectivity index (χ3n) is 11.2. The molecule has 4 atom stereocenters. The SMILES string of the molecule is C1=CC2C=CC3=C(C2C=C1)C1C=C2Sc4ccccc4SC2=CC1N3c1ccc(-c2cccc(-c3nc(-c4ccccc4)cc(-c4ccccc4)n3)c2)cc1. The maximum Gasteiger partial charge on any atom is 0.160 e. The van der Waals surface area contributed by atoms with Crippen LogP contribution in [-0.2, 0) is 0 Å². The van der Waals surface area contributed by atoms with Crippen molar-refractivity contribution in [2.45, 2.75) is 15.8 Å². The number of rotatable bonds is 5. The number of allylic oxidation sites excluding steroid dienone is 6. The van der Waals surface area contributed by atoms with Gasteiger partial charge in [-0.15, -0.1) is 0 Å². The van der Waals surface area contributed by atoms with Crippen molar-refractivity contribution < 1.29 is 0 Å². The second-order valence-corrected chi connectivity index (χ2v) is 16.7. The van der Waals surface area contributed by atoms with E-state index in [1.807, 2.05) is 35.7 Å². The number of hydrogen-bond acceptors (Lipinski definition) is 5. The first kappa shape index (κ1) is 32.5. The molecule has 11 rings (SSSR count). The second kappa shape index (κ2) is 13.5. The lowest BCUT2D eigenvalue weighted by Crippen LogP contribution is -2.33. The average Bonchev–Trinajstić information content (AvgIpc) is 3.58. The molecule has 4 unspecified atom stereocenters. The Morgan fingerprint density at radius 3 is 1.82 bits per heavy atom. The molecule has 0 radical (unpaired) electrons. The zero-order valence-corrected chi connectivity index (χ0v) is 31.5. The molecule has 1 aromatic heterocycles. The lowest BCUT2D eigenvalue weighted by molar-refractivity contribution is 0.553. The summed E-state index contributed by atoms with van der Waals surface area (Å²) in [7, 11) is 0. The van der Waals surface area contributed by atoms with Crippen LogP contribution in [0.2, 0.25) is 0 Å². The van der Waals surface area contributed by atoms with Gasteiger partial charge in [0.15, 0.2) is 5.82 Å². The summed E-state index contributed by atoms with van der Waals surface area (Å²) < 4.78 is 0. The van der Waals surface area contributed by atoms with Gasteiger partial charge < -0.3 is 4.90 Å². The van der Waals surface area contributed by atoms with Crippen LogP contribution in [0.25, 0.3) is 45.0 Å². The van der Waals surface area contributed by atoms with Crippen LogP contribution >= 0.6 is 23.5 Å². The highest BCUT2D eigenvalue weighted by Crippen LogP contribution is 2.57. The number of anilines is 1. The van der Waals surface area contributed by atoms with Crippen LogP contribution in [0.1, 0.15) is 0 Å². The molecule has 6 aromatic rings. The normalized spacial score (nSPS) is 21.6. The van der Waals surface area contributed by atoms with Crippen LogP contribution in [0.4, 0.5) is 5.69 Å². The van der Waals surface area contributed by atoms with Gasteiger partial charge in [0.25, 0.3) is 0 Å². The van der Waals surface area contributed by atoms with E-state index in [0.29, 0.717) is 17.8 Å². The van der Waals surface area contributed by atoms with Crippen molar-refractivity contribution in [3.8, 4) is 45.0 Å². The smallest absolute Gasteiger partial charge is 0.160 e. The molecule has 0 amide bonds. The number of benzene rings is 5. The standard InChI is InChI=1S/C50H35N3S2/c1-3-13-34(14-4-1)41-30-42(35-15-5-2-6-16-35)52-50(51-41)37-18-11-17-36(28-37)32-22-25-38(26-23-32)53-43-27-24-33-12-7-8-19-39(33)49(43)40-29-47-48(31-44(40)53)55-46-21-10-9-20-45(46)54-47/h1-31,33,39-40,44H. The minimum absolute atomic E-state index is 0.215. The zero-order chi connectivity index (χ0) is 36.3. The second-order valence-electron chi connectivity index (χ2n) is 14.5. The fourth-order valence-corrected chi connectivity index (χ4v) is 11.0. The van der Waals surface area contributed by atoms with Crippen LogP contribution in [-0.4, -0.2) is 16.0 Å². The third-order valence-corrected chi connectivity index (χ3v) is 13.8. The van der Waals surface area contributed by atoms with E-state index in [4.69, 9.17) is 9.97 Å². The van der Waals surface area contributed by atoms with Gasteiger partial charge >= 0.3 is 0 Å². The Morgan fingerprint density at radius 2 is 1.11 bits per heavy atom. The molecule has 5 heteroatoms. The summed E-state index contributed by atoms with van der Waals surface area (Å²) in [6, 6.07) is 49.6. The molecular weight excluding hydrogens is 707 g/mol. The summed E-state index contributed by atoms with van der Waals surface area (Å²) in [5.74, 6) is 1.80. The molecule has 5 aliphatic rings. The highest BCUT2D eigenvalue weighted by Gasteiger charge is 2.46. The highest BCUT2D eigenvalue weighted by molar-refractivity contribution is 8.11. The molecule has 0 N–H and O–H groups in total. The van der Waals surface area contributed by atoms with E-state index in [-0.39, 0.29) is 6.04 Å². The molecule has 2 aliphatic heterocycles. The molecule has 0 spiro atoms. The van der Waals surface area contributed by atoms with E-state index < -0.39 is 0 Å². The Hall–Kier alpha value is -5.88. The summed E-state index contributed by atoms with van der Waals surface area (Å²) in [5.41, 5.74) is 11.4. The summed E-state index contributed by atoms with van der Waals surface area (Å²) >= 11 is 3.84. The predicted octanol–water partition coefficient (Wildman–Crippen LogP) is 12.8. The monoisotopic (exact) mass is 741 g/mol. The topological polar surface area (TPSA) is 29.0 Å². The molecule has 3 aliphatic carbocycles. The van der Waals surface area contributed by atoms with E-state index in [2.05, 4.69) is 181 Å². The highest BCUT2D eigenvalue weighted by atomic mass is 32.2. The summed E-state index contributed by atoms with van der Waals surface area (Å²) in [5, 5.41) is 0. The Morgan fingerprint density at radius 1 is 0.491 bits per heavy atom. The number of aromatic nitrogens is 2. The van der Waals surface area contributed by atoms with Gasteiger partial charge in [-0.3, -0.25) is 0 Å². The molecule has 0 saturated heterocycles. The predicted molar refractivity (Wildman–Crippen MR) is 229 cm³/mol. The maximum atomic E-state index is 5.10. The molecule has 0 saturated carbocycles. The fraction of sp³-hybridized carbons (Fsp3) is 0.0800. The largest absolute Gasteiger partial charge is 0.334 e. The molecular formula is C50H35N3S2. The Balaban J connectivity index is 0.955. The van der Waals surface area contributed by atoms with Gasteiger partial charge in [0, 0.05) is 65.4 Å². The van der Waals surface area contributed by atoms with Crippen molar-refractivity contribution in [1.29, 1.82) is 0 Å². The van der Waals surface area contributed by atoms with E-state index in [1.165, 1.54) is 36.6 Å². The molecule has 3 nitrogen and oxygen atoms in total. The number of thioether (sulfide) groups is 2. The van der Waals surface area contributed by atoms with Gasteiger partial charge in [0.2, 0.25) is 0 Å². The lowest BCUT2D eigenvalue weighted by Gasteiger charge is -2.34. The van der Waals surface area contributed by atoms with Gasteiger partial charge in [-0.2, -0.15) is 0 Å². The molecule has 0 bridgehead atoms.